The van der Waals surface area contributed by atoms with Gasteiger partial charge in [0.25, 0.3) is 11.8 Å². The Morgan fingerprint density at radius 1 is 0.944 bits per heavy atom. The maximum Gasteiger partial charge on any atom is 0.329 e. The van der Waals surface area contributed by atoms with Crippen molar-refractivity contribution in [2.24, 2.45) is 0 Å². The molecule has 1 atom stereocenters. The van der Waals surface area contributed by atoms with E-state index in [0.717, 1.165) is 29.9 Å². The number of morpholine rings is 1. The summed E-state index contributed by atoms with van der Waals surface area (Å²) in [5, 5.41) is 2.75. The molecule has 1 saturated heterocycles. The first-order valence-corrected chi connectivity index (χ1v) is 11.9. The lowest BCUT2D eigenvalue weighted by molar-refractivity contribution is -0.152. The molecule has 1 aromatic heterocycles. The van der Waals surface area contributed by atoms with E-state index in [2.05, 4.69) is 10.2 Å². The number of nitrogens with zero attached hydrogens (tertiary/aromatic N) is 2. The monoisotopic (exact) mass is 489 g/mol. The predicted molar refractivity (Wildman–Crippen MR) is 132 cm³/mol. The van der Waals surface area contributed by atoms with Gasteiger partial charge in [-0.3, -0.25) is 9.59 Å². The lowest BCUT2D eigenvalue weighted by atomic mass is 9.93. The Balaban J connectivity index is 1.20. The number of rotatable bonds is 6. The van der Waals surface area contributed by atoms with Crippen molar-refractivity contribution in [2.45, 2.75) is 19.0 Å². The Bertz CT molecular complexity index is 1220. The van der Waals surface area contributed by atoms with E-state index in [-0.39, 0.29) is 12.3 Å². The molecule has 9 heteroatoms. The summed E-state index contributed by atoms with van der Waals surface area (Å²) in [4.78, 5) is 42.2. The van der Waals surface area contributed by atoms with Crippen LogP contribution in [0.4, 0.5) is 11.4 Å². The van der Waals surface area contributed by atoms with Crippen LogP contribution < -0.4 is 10.2 Å². The third-order valence-corrected chi connectivity index (χ3v) is 6.39. The van der Waals surface area contributed by atoms with E-state index in [0.29, 0.717) is 25.3 Å². The molecule has 0 unspecified atom stereocenters. The van der Waals surface area contributed by atoms with Gasteiger partial charge in [-0.2, -0.15) is 0 Å². The normalized spacial score (nSPS) is 17.3. The molecule has 2 amide bonds. The number of carbonyl (C=O) groups is 3. The molecule has 0 bridgehead atoms. The summed E-state index contributed by atoms with van der Waals surface area (Å²) in [5.74, 6) is -1.35. The molecular weight excluding hydrogens is 462 g/mol. The molecule has 186 valence electrons. The van der Waals surface area contributed by atoms with Crippen LogP contribution in [0.5, 0.6) is 0 Å². The van der Waals surface area contributed by atoms with Crippen LogP contribution in [0.1, 0.15) is 21.7 Å². The van der Waals surface area contributed by atoms with Crippen LogP contribution in [0.2, 0.25) is 0 Å². The summed E-state index contributed by atoms with van der Waals surface area (Å²) < 4.78 is 16.0. The van der Waals surface area contributed by atoms with Gasteiger partial charge in [-0.25, -0.2) is 4.79 Å². The summed E-state index contributed by atoms with van der Waals surface area (Å²) in [6.07, 6.45) is 1.71. The molecule has 0 saturated carbocycles. The lowest BCUT2D eigenvalue weighted by Crippen LogP contribution is -2.49. The molecule has 2 aliphatic rings. The van der Waals surface area contributed by atoms with Gasteiger partial charge in [-0.15, -0.1) is 0 Å². The van der Waals surface area contributed by atoms with Gasteiger partial charge in [-0.1, -0.05) is 24.3 Å². The number of carbonyl (C=O) groups excluding carboxylic acids is 3. The van der Waals surface area contributed by atoms with Gasteiger partial charge >= 0.3 is 5.97 Å². The van der Waals surface area contributed by atoms with E-state index in [1.54, 1.807) is 12.1 Å². The Kier molecular flexibility index (Phi) is 6.99. The topological polar surface area (TPSA) is 101 Å². The van der Waals surface area contributed by atoms with Crippen LogP contribution in [0.25, 0.3) is 0 Å². The van der Waals surface area contributed by atoms with E-state index in [1.807, 2.05) is 48.5 Å². The van der Waals surface area contributed by atoms with Crippen molar-refractivity contribution >= 4 is 29.2 Å². The van der Waals surface area contributed by atoms with E-state index in [4.69, 9.17) is 13.9 Å². The molecule has 0 aliphatic carbocycles. The van der Waals surface area contributed by atoms with Crippen molar-refractivity contribution in [2.75, 3.05) is 43.1 Å². The third-order valence-electron chi connectivity index (χ3n) is 6.39. The van der Waals surface area contributed by atoms with Gasteiger partial charge in [-0.05, 0) is 47.5 Å². The Morgan fingerprint density at radius 2 is 1.69 bits per heavy atom. The quantitative estimate of drug-likeness (QED) is 0.532. The molecule has 1 fully saturated rings. The van der Waals surface area contributed by atoms with Gasteiger partial charge in [0.15, 0.2) is 12.4 Å². The van der Waals surface area contributed by atoms with Crippen LogP contribution >= 0.6 is 0 Å². The van der Waals surface area contributed by atoms with Crippen molar-refractivity contribution in [3.05, 3.63) is 83.8 Å². The van der Waals surface area contributed by atoms with Crippen LogP contribution in [0.3, 0.4) is 0 Å². The molecule has 9 nitrogen and oxygen atoms in total. The van der Waals surface area contributed by atoms with E-state index in [1.165, 1.54) is 11.2 Å². The SMILES string of the molecule is O=C(COC(=O)[C@@H]1Cc2ccccc2CN1C(=O)c1ccco1)Nc1ccc(N2CCOCC2)cc1. The van der Waals surface area contributed by atoms with Gasteiger partial charge in [0.1, 0.15) is 6.04 Å². The van der Waals surface area contributed by atoms with Crippen LogP contribution in [-0.4, -0.2) is 61.6 Å². The highest BCUT2D eigenvalue weighted by molar-refractivity contribution is 5.96. The van der Waals surface area contributed by atoms with Crippen molar-refractivity contribution in [3.8, 4) is 0 Å². The zero-order chi connectivity index (χ0) is 24.9. The van der Waals surface area contributed by atoms with Crippen LogP contribution in [-0.2, 0) is 32.0 Å². The van der Waals surface area contributed by atoms with E-state index < -0.39 is 30.4 Å². The number of nitrogens with one attached hydrogen (secondary N) is 1. The van der Waals surface area contributed by atoms with Crippen molar-refractivity contribution in [3.63, 3.8) is 0 Å². The van der Waals surface area contributed by atoms with E-state index in [9.17, 15) is 14.4 Å². The molecule has 3 aromatic rings. The largest absolute Gasteiger partial charge is 0.459 e. The van der Waals surface area contributed by atoms with E-state index >= 15 is 0 Å². The van der Waals surface area contributed by atoms with Gasteiger partial charge in [0.05, 0.1) is 19.5 Å². The average molecular weight is 490 g/mol. The number of ether oxygens (including phenoxy) is 2. The standard InChI is InChI=1S/C27H27N3O6/c31-25(28-21-7-9-22(10-8-21)29-11-14-34-15-12-29)18-36-27(33)23-16-19-4-1-2-5-20(19)17-30(23)26(32)24-6-3-13-35-24/h1-10,13,23H,11-12,14-18H2,(H,28,31)/t23-/m0/s1. The molecule has 2 aromatic carbocycles. The number of esters is 1. The summed E-state index contributed by atoms with van der Waals surface area (Å²) in [7, 11) is 0. The van der Waals surface area contributed by atoms with Gasteiger partial charge < -0.3 is 29.0 Å². The first kappa shape index (κ1) is 23.6. The minimum atomic E-state index is -0.863. The molecule has 0 spiro atoms. The zero-order valence-corrected chi connectivity index (χ0v) is 19.7. The number of anilines is 2. The van der Waals surface area contributed by atoms with Crippen molar-refractivity contribution in [1.29, 1.82) is 0 Å². The molecule has 3 heterocycles. The summed E-state index contributed by atoms with van der Waals surface area (Å²) in [5.41, 5.74) is 3.59. The lowest BCUT2D eigenvalue weighted by Gasteiger charge is -2.34. The third kappa shape index (κ3) is 5.26. The predicted octanol–water partition coefficient (Wildman–Crippen LogP) is 2.87. The number of furan rings is 1. The van der Waals surface area contributed by atoms with Crippen LogP contribution in [0.15, 0.2) is 71.3 Å². The van der Waals surface area contributed by atoms with Crippen LogP contribution in [0, 0.1) is 0 Å². The van der Waals surface area contributed by atoms with Crippen molar-refractivity contribution < 1.29 is 28.3 Å². The average Bonchev–Trinajstić information content (AvgIpc) is 3.47. The molecule has 1 N–H and O–H groups in total. The minimum absolute atomic E-state index is 0.144. The minimum Gasteiger partial charge on any atom is -0.459 e. The second-order valence-corrected chi connectivity index (χ2v) is 8.70. The fourth-order valence-corrected chi connectivity index (χ4v) is 4.50. The highest BCUT2D eigenvalue weighted by Crippen LogP contribution is 2.26. The van der Waals surface area contributed by atoms with Crippen molar-refractivity contribution in [1.82, 2.24) is 4.90 Å². The first-order chi connectivity index (χ1) is 17.6. The molecule has 5 rings (SSSR count). The summed E-state index contributed by atoms with van der Waals surface area (Å²) >= 11 is 0. The summed E-state index contributed by atoms with van der Waals surface area (Å²) in [6, 6.07) is 17.5. The molecular formula is C27H27N3O6. The molecule has 36 heavy (non-hydrogen) atoms. The number of fused-ring (bicyclic) bond motifs is 1. The Morgan fingerprint density at radius 3 is 2.42 bits per heavy atom. The fraction of sp³-hybridized carbons (Fsp3) is 0.296. The number of hydrogen-bond donors (Lipinski definition) is 1. The molecule has 0 radical (unpaired) electrons. The van der Waals surface area contributed by atoms with Gasteiger partial charge in [0.2, 0.25) is 0 Å². The number of amides is 2. The molecule has 2 aliphatic heterocycles. The number of hydrogen-bond acceptors (Lipinski definition) is 7. The second kappa shape index (κ2) is 10.7. The Hall–Kier alpha value is -4.11. The highest BCUT2D eigenvalue weighted by Gasteiger charge is 2.37. The maximum atomic E-state index is 13.0. The Labute approximate surface area is 208 Å². The smallest absolute Gasteiger partial charge is 0.329 e. The maximum absolute atomic E-state index is 13.0. The zero-order valence-electron chi connectivity index (χ0n) is 19.7. The van der Waals surface area contributed by atoms with Gasteiger partial charge in [0, 0.05) is 37.4 Å². The fourth-order valence-electron chi connectivity index (χ4n) is 4.50. The summed E-state index contributed by atoms with van der Waals surface area (Å²) in [6.45, 7) is 2.84. The first-order valence-electron chi connectivity index (χ1n) is 11.9. The highest BCUT2D eigenvalue weighted by atomic mass is 16.5. The second-order valence-electron chi connectivity index (χ2n) is 8.70. The number of benzene rings is 2.